The van der Waals surface area contributed by atoms with E-state index in [0.717, 1.165) is 13.1 Å². The highest BCUT2D eigenvalue weighted by atomic mass is 32.2. The summed E-state index contributed by atoms with van der Waals surface area (Å²) < 4.78 is 9.89. The highest BCUT2D eigenvalue weighted by Crippen LogP contribution is 2.19. The smallest absolute Gasteiger partial charge is 0.306 e. The Bertz CT molecular complexity index is 483. The maximum atomic E-state index is 11.1. The lowest BCUT2D eigenvalue weighted by Gasteiger charge is -2.26. The second-order valence-electron chi connectivity index (χ2n) is 4.16. The van der Waals surface area contributed by atoms with Crippen molar-refractivity contribution in [2.75, 3.05) is 49.5 Å². The van der Waals surface area contributed by atoms with Crippen LogP contribution in [0.4, 0.5) is 11.9 Å². The van der Waals surface area contributed by atoms with Crippen LogP contribution in [0.1, 0.15) is 6.42 Å². The molecule has 0 aliphatic carbocycles. The maximum absolute atomic E-state index is 11.1. The number of hydrogen-bond donors (Lipinski definition) is 2. The molecule has 1 saturated heterocycles. The van der Waals surface area contributed by atoms with E-state index in [0.29, 0.717) is 42.4 Å². The molecular formula is C11H18N6O3S. The van der Waals surface area contributed by atoms with Crippen LogP contribution in [0.2, 0.25) is 0 Å². The number of carbonyl (C=O) groups is 1. The van der Waals surface area contributed by atoms with Crippen molar-refractivity contribution >= 4 is 29.6 Å². The van der Waals surface area contributed by atoms with Crippen LogP contribution in [0.3, 0.4) is 0 Å². The van der Waals surface area contributed by atoms with Crippen molar-refractivity contribution in [3.05, 3.63) is 0 Å². The number of aromatic nitrogens is 3. The fourth-order valence-corrected chi connectivity index (χ4v) is 2.46. The Labute approximate surface area is 126 Å². The third-order valence-corrected chi connectivity index (χ3v) is 3.64. The first-order valence-electron chi connectivity index (χ1n) is 6.48. The van der Waals surface area contributed by atoms with Gasteiger partial charge in [0, 0.05) is 18.8 Å². The van der Waals surface area contributed by atoms with Crippen molar-refractivity contribution in [2.24, 2.45) is 5.84 Å². The number of thioether (sulfide) groups is 1. The highest BCUT2D eigenvalue weighted by Gasteiger charge is 2.16. The highest BCUT2D eigenvalue weighted by molar-refractivity contribution is 7.99. The number of anilines is 2. The minimum atomic E-state index is -0.262. The molecule has 1 aromatic rings. The predicted octanol–water partition coefficient (Wildman–Crippen LogP) is -0.351. The summed E-state index contributed by atoms with van der Waals surface area (Å²) in [6, 6.07) is 0. The van der Waals surface area contributed by atoms with E-state index in [9.17, 15) is 4.79 Å². The molecule has 0 bridgehead atoms. The topological polar surface area (TPSA) is 115 Å². The number of ether oxygens (including phenoxy) is 2. The van der Waals surface area contributed by atoms with E-state index in [4.69, 9.17) is 10.6 Å². The minimum absolute atomic E-state index is 0.262. The van der Waals surface area contributed by atoms with Crippen LogP contribution >= 0.6 is 11.8 Å². The molecule has 1 aromatic heterocycles. The van der Waals surface area contributed by atoms with Gasteiger partial charge in [-0.05, 0) is 0 Å². The molecule has 0 amide bonds. The normalized spacial score (nSPS) is 14.9. The first kappa shape index (κ1) is 15.7. The Kier molecular flexibility index (Phi) is 5.96. The van der Waals surface area contributed by atoms with Crippen LogP contribution in [-0.2, 0) is 14.3 Å². The van der Waals surface area contributed by atoms with E-state index in [2.05, 4.69) is 25.1 Å². The number of nitrogens with two attached hydrogens (primary N) is 1. The molecule has 2 rings (SSSR count). The van der Waals surface area contributed by atoms with Crippen LogP contribution < -0.4 is 16.2 Å². The average molecular weight is 314 g/mol. The number of nitrogens with one attached hydrogen (secondary N) is 1. The number of hydrogen-bond acceptors (Lipinski definition) is 10. The molecule has 1 aliphatic rings. The van der Waals surface area contributed by atoms with Gasteiger partial charge in [0.2, 0.25) is 11.9 Å². The lowest BCUT2D eigenvalue weighted by atomic mass is 10.4. The van der Waals surface area contributed by atoms with Crippen LogP contribution in [0.25, 0.3) is 0 Å². The number of methoxy groups -OCH3 is 1. The van der Waals surface area contributed by atoms with Gasteiger partial charge in [-0.25, -0.2) is 5.84 Å². The summed E-state index contributed by atoms with van der Waals surface area (Å²) in [5.41, 5.74) is 2.43. The summed E-state index contributed by atoms with van der Waals surface area (Å²) in [6.45, 7) is 2.73. The van der Waals surface area contributed by atoms with Gasteiger partial charge in [0.25, 0.3) is 0 Å². The average Bonchev–Trinajstić information content (AvgIpc) is 2.55. The summed E-state index contributed by atoms with van der Waals surface area (Å²) in [5, 5.41) is 0.517. The number of nitrogen functional groups attached to an aromatic ring is 1. The zero-order valence-electron chi connectivity index (χ0n) is 11.7. The van der Waals surface area contributed by atoms with Crippen LogP contribution in [-0.4, -0.2) is 60.1 Å². The number of carbonyl (C=O) groups excluding carboxylic acids is 1. The first-order chi connectivity index (χ1) is 10.2. The van der Waals surface area contributed by atoms with Crippen molar-refractivity contribution in [3.8, 4) is 0 Å². The third-order valence-electron chi connectivity index (χ3n) is 2.79. The second kappa shape index (κ2) is 7.96. The molecule has 0 unspecified atom stereocenters. The number of hydrazine groups is 1. The second-order valence-corrected chi connectivity index (χ2v) is 5.22. The number of nitrogens with zero attached hydrogens (tertiary/aromatic N) is 4. The monoisotopic (exact) mass is 314 g/mol. The Balaban J connectivity index is 2.04. The lowest BCUT2D eigenvalue weighted by molar-refractivity contribution is -0.140. The van der Waals surface area contributed by atoms with E-state index in [1.54, 1.807) is 0 Å². The fraction of sp³-hybridized carbons (Fsp3) is 0.636. The van der Waals surface area contributed by atoms with Crippen molar-refractivity contribution in [1.82, 2.24) is 15.0 Å². The number of rotatable bonds is 6. The number of esters is 1. The van der Waals surface area contributed by atoms with Gasteiger partial charge in [0.1, 0.15) is 0 Å². The SMILES string of the molecule is COC(=O)CCSc1nc(NN)nc(N2CCOCC2)n1. The molecular weight excluding hydrogens is 296 g/mol. The molecule has 3 N–H and O–H groups in total. The van der Waals surface area contributed by atoms with E-state index < -0.39 is 0 Å². The zero-order chi connectivity index (χ0) is 15.1. The Morgan fingerprint density at radius 3 is 2.86 bits per heavy atom. The molecule has 1 aliphatic heterocycles. The molecule has 9 nitrogen and oxygen atoms in total. The van der Waals surface area contributed by atoms with Crippen LogP contribution in [0, 0.1) is 0 Å². The molecule has 21 heavy (non-hydrogen) atoms. The minimum Gasteiger partial charge on any atom is -0.469 e. The van der Waals surface area contributed by atoms with Crippen LogP contribution in [0.5, 0.6) is 0 Å². The van der Waals surface area contributed by atoms with Gasteiger partial charge in [0.05, 0.1) is 26.7 Å². The molecule has 116 valence electrons. The van der Waals surface area contributed by atoms with Gasteiger partial charge >= 0.3 is 5.97 Å². The van der Waals surface area contributed by atoms with E-state index in [1.165, 1.54) is 18.9 Å². The molecule has 10 heteroatoms. The first-order valence-corrected chi connectivity index (χ1v) is 7.46. The molecule has 0 saturated carbocycles. The number of morpholine rings is 1. The molecule has 0 radical (unpaired) electrons. The van der Waals surface area contributed by atoms with Gasteiger partial charge in [-0.1, -0.05) is 11.8 Å². The van der Waals surface area contributed by atoms with Crippen LogP contribution in [0.15, 0.2) is 5.16 Å². The Morgan fingerprint density at radius 1 is 1.43 bits per heavy atom. The lowest BCUT2D eigenvalue weighted by Crippen LogP contribution is -2.37. The van der Waals surface area contributed by atoms with Gasteiger partial charge < -0.3 is 14.4 Å². The van der Waals surface area contributed by atoms with E-state index in [1.807, 2.05) is 4.90 Å². The molecule has 1 fully saturated rings. The fourth-order valence-electron chi connectivity index (χ4n) is 1.71. The summed E-state index contributed by atoms with van der Waals surface area (Å²) in [4.78, 5) is 25.9. The standard InChI is InChI=1S/C11H18N6O3S/c1-19-8(18)2-7-21-11-14-9(16-12)13-10(15-11)17-3-5-20-6-4-17/h2-7,12H2,1H3,(H,13,14,15,16). The van der Waals surface area contributed by atoms with E-state index in [-0.39, 0.29) is 5.97 Å². The van der Waals surface area contributed by atoms with Crippen molar-refractivity contribution in [2.45, 2.75) is 11.6 Å². The summed E-state index contributed by atoms with van der Waals surface area (Å²) >= 11 is 1.36. The quantitative estimate of drug-likeness (QED) is 0.312. The van der Waals surface area contributed by atoms with Gasteiger partial charge in [-0.15, -0.1) is 0 Å². The van der Waals surface area contributed by atoms with Crippen molar-refractivity contribution in [3.63, 3.8) is 0 Å². The summed E-state index contributed by atoms with van der Waals surface area (Å²) in [5.74, 6) is 6.51. The van der Waals surface area contributed by atoms with Gasteiger partial charge in [-0.2, -0.15) is 15.0 Å². The van der Waals surface area contributed by atoms with Gasteiger partial charge in [0.15, 0.2) is 5.16 Å². The summed E-state index contributed by atoms with van der Waals surface area (Å²) in [6.07, 6.45) is 0.297. The van der Waals surface area contributed by atoms with Crippen molar-refractivity contribution < 1.29 is 14.3 Å². The Hall–Kier alpha value is -1.65. The zero-order valence-corrected chi connectivity index (χ0v) is 12.6. The molecule has 0 aromatic carbocycles. The largest absolute Gasteiger partial charge is 0.469 e. The molecule has 2 heterocycles. The maximum Gasteiger partial charge on any atom is 0.306 e. The van der Waals surface area contributed by atoms with Gasteiger partial charge in [-0.3, -0.25) is 10.2 Å². The van der Waals surface area contributed by atoms with E-state index >= 15 is 0 Å². The molecule has 0 atom stereocenters. The molecule has 0 spiro atoms. The van der Waals surface area contributed by atoms with Crippen molar-refractivity contribution in [1.29, 1.82) is 0 Å². The summed E-state index contributed by atoms with van der Waals surface area (Å²) in [7, 11) is 1.36. The third kappa shape index (κ3) is 4.69. The predicted molar refractivity (Wildman–Crippen MR) is 78.0 cm³/mol. The Morgan fingerprint density at radius 2 is 2.19 bits per heavy atom.